The van der Waals surface area contributed by atoms with E-state index in [1.54, 1.807) is 18.2 Å². The number of hydrogen-bond donors (Lipinski definition) is 2. The van der Waals surface area contributed by atoms with Crippen LogP contribution < -0.4 is 20.3 Å². The van der Waals surface area contributed by atoms with Gasteiger partial charge in [-0.2, -0.15) is 0 Å². The molecular weight excluding hydrogens is 308 g/mol. The highest BCUT2D eigenvalue weighted by atomic mass is 16.5. The summed E-state index contributed by atoms with van der Waals surface area (Å²) in [6.07, 6.45) is 0. The van der Waals surface area contributed by atoms with E-state index in [1.807, 2.05) is 44.2 Å². The Labute approximate surface area is 140 Å². The van der Waals surface area contributed by atoms with Gasteiger partial charge in [0.2, 0.25) is 0 Å². The lowest BCUT2D eigenvalue weighted by atomic mass is 10.2. The van der Waals surface area contributed by atoms with Crippen molar-refractivity contribution >= 4 is 11.8 Å². The highest BCUT2D eigenvalue weighted by Gasteiger charge is 2.07. The van der Waals surface area contributed by atoms with Gasteiger partial charge in [-0.25, -0.2) is 0 Å². The molecule has 126 valence electrons. The summed E-state index contributed by atoms with van der Waals surface area (Å²) in [6.45, 7) is 3.47. The average molecular weight is 328 g/mol. The summed E-state index contributed by atoms with van der Waals surface area (Å²) in [4.78, 5) is 23.3. The summed E-state index contributed by atoms with van der Waals surface area (Å²) in [5, 5.41) is 0. The topological polar surface area (TPSA) is 76.7 Å². The van der Waals surface area contributed by atoms with Gasteiger partial charge in [0.1, 0.15) is 11.5 Å². The Hall–Kier alpha value is -3.02. The SMILES string of the molecule is Cc1ccc(OCC(=O)NNC(=O)COc2ccccc2C)cc1. The van der Waals surface area contributed by atoms with Crippen LogP contribution in [0.3, 0.4) is 0 Å². The number of ether oxygens (including phenoxy) is 2. The number of benzene rings is 2. The largest absolute Gasteiger partial charge is 0.484 e. The lowest BCUT2D eigenvalue weighted by molar-refractivity contribution is -0.131. The first-order valence-electron chi connectivity index (χ1n) is 7.50. The van der Waals surface area contributed by atoms with Crippen LogP contribution in [-0.4, -0.2) is 25.0 Å². The lowest BCUT2D eigenvalue weighted by Crippen LogP contribution is -2.45. The van der Waals surface area contributed by atoms with Gasteiger partial charge in [0.25, 0.3) is 11.8 Å². The predicted octanol–water partition coefficient (Wildman–Crippen LogP) is 1.91. The third-order valence-electron chi connectivity index (χ3n) is 3.18. The molecule has 2 N–H and O–H groups in total. The van der Waals surface area contributed by atoms with Crippen LogP contribution in [0.15, 0.2) is 48.5 Å². The van der Waals surface area contributed by atoms with Gasteiger partial charge in [0.15, 0.2) is 13.2 Å². The van der Waals surface area contributed by atoms with Crippen LogP contribution >= 0.6 is 0 Å². The van der Waals surface area contributed by atoms with E-state index < -0.39 is 11.8 Å². The molecule has 2 amide bonds. The zero-order valence-electron chi connectivity index (χ0n) is 13.7. The van der Waals surface area contributed by atoms with Crippen LogP contribution in [-0.2, 0) is 9.59 Å². The molecule has 2 aromatic carbocycles. The average Bonchev–Trinajstić information content (AvgIpc) is 2.58. The van der Waals surface area contributed by atoms with Crippen molar-refractivity contribution in [2.24, 2.45) is 0 Å². The summed E-state index contributed by atoms with van der Waals surface area (Å²) in [5.74, 6) is 0.299. The number of rotatable bonds is 6. The number of carbonyl (C=O) groups is 2. The lowest BCUT2D eigenvalue weighted by Gasteiger charge is -2.10. The number of hydrogen-bond acceptors (Lipinski definition) is 4. The predicted molar refractivity (Wildman–Crippen MR) is 89.6 cm³/mol. The van der Waals surface area contributed by atoms with Crippen molar-refractivity contribution < 1.29 is 19.1 Å². The summed E-state index contributed by atoms with van der Waals surface area (Å²) < 4.78 is 10.7. The van der Waals surface area contributed by atoms with E-state index in [0.717, 1.165) is 11.1 Å². The fraction of sp³-hybridized carbons (Fsp3) is 0.222. The molecule has 0 spiro atoms. The maximum Gasteiger partial charge on any atom is 0.276 e. The highest BCUT2D eigenvalue weighted by molar-refractivity contribution is 5.83. The summed E-state index contributed by atoms with van der Waals surface area (Å²) in [6, 6.07) is 14.7. The normalized spacial score (nSPS) is 9.92. The number of nitrogens with one attached hydrogen (secondary N) is 2. The third-order valence-corrected chi connectivity index (χ3v) is 3.18. The smallest absolute Gasteiger partial charge is 0.276 e. The molecule has 0 saturated heterocycles. The second-order valence-electron chi connectivity index (χ2n) is 5.25. The van der Waals surface area contributed by atoms with Crippen LogP contribution in [0.25, 0.3) is 0 Å². The number of carbonyl (C=O) groups excluding carboxylic acids is 2. The first kappa shape index (κ1) is 17.3. The molecule has 0 aliphatic carbocycles. The van der Waals surface area contributed by atoms with Gasteiger partial charge in [-0.05, 0) is 37.6 Å². The van der Waals surface area contributed by atoms with Crippen molar-refractivity contribution in [2.75, 3.05) is 13.2 Å². The second kappa shape index (κ2) is 8.57. The van der Waals surface area contributed by atoms with Crippen molar-refractivity contribution in [3.05, 3.63) is 59.7 Å². The Morgan fingerprint density at radius 2 is 1.42 bits per heavy atom. The van der Waals surface area contributed by atoms with E-state index in [4.69, 9.17) is 9.47 Å². The zero-order chi connectivity index (χ0) is 17.4. The fourth-order valence-corrected chi connectivity index (χ4v) is 1.86. The molecular formula is C18H20N2O4. The maximum atomic E-state index is 11.7. The molecule has 0 unspecified atom stereocenters. The van der Waals surface area contributed by atoms with Gasteiger partial charge in [-0.1, -0.05) is 35.9 Å². The molecule has 2 rings (SSSR count). The molecule has 0 radical (unpaired) electrons. The molecule has 0 aliphatic rings. The molecule has 0 bridgehead atoms. The van der Waals surface area contributed by atoms with Gasteiger partial charge in [-0.15, -0.1) is 0 Å². The van der Waals surface area contributed by atoms with Crippen molar-refractivity contribution in [2.45, 2.75) is 13.8 Å². The Morgan fingerprint density at radius 1 is 0.833 bits per heavy atom. The number of aryl methyl sites for hydroxylation is 2. The van der Waals surface area contributed by atoms with Gasteiger partial charge >= 0.3 is 0 Å². The molecule has 0 heterocycles. The molecule has 0 atom stereocenters. The Kier molecular flexibility index (Phi) is 6.19. The summed E-state index contributed by atoms with van der Waals surface area (Å²) >= 11 is 0. The summed E-state index contributed by atoms with van der Waals surface area (Å²) in [7, 11) is 0. The Morgan fingerprint density at radius 3 is 2.04 bits per heavy atom. The number of para-hydroxylation sites is 1. The monoisotopic (exact) mass is 328 g/mol. The van der Waals surface area contributed by atoms with Crippen molar-refractivity contribution in [3.8, 4) is 11.5 Å². The minimum atomic E-state index is -0.459. The molecule has 6 heteroatoms. The zero-order valence-corrected chi connectivity index (χ0v) is 13.7. The van der Waals surface area contributed by atoms with E-state index in [0.29, 0.717) is 11.5 Å². The van der Waals surface area contributed by atoms with Crippen molar-refractivity contribution in [1.29, 1.82) is 0 Å². The maximum absolute atomic E-state index is 11.7. The van der Waals surface area contributed by atoms with Crippen LogP contribution in [0.5, 0.6) is 11.5 Å². The second-order valence-corrected chi connectivity index (χ2v) is 5.25. The minimum Gasteiger partial charge on any atom is -0.484 e. The molecule has 24 heavy (non-hydrogen) atoms. The Balaban J connectivity index is 1.66. The number of amides is 2. The summed E-state index contributed by atoms with van der Waals surface area (Å²) in [5.41, 5.74) is 6.58. The third kappa shape index (κ3) is 5.64. The quantitative estimate of drug-likeness (QED) is 0.794. The van der Waals surface area contributed by atoms with E-state index in [9.17, 15) is 9.59 Å². The first-order chi connectivity index (χ1) is 11.5. The van der Waals surface area contributed by atoms with E-state index in [-0.39, 0.29) is 13.2 Å². The van der Waals surface area contributed by atoms with Crippen LogP contribution in [0.4, 0.5) is 0 Å². The van der Waals surface area contributed by atoms with Gasteiger partial charge in [0.05, 0.1) is 0 Å². The molecule has 0 aromatic heterocycles. The van der Waals surface area contributed by atoms with E-state index >= 15 is 0 Å². The number of hydrazine groups is 1. The van der Waals surface area contributed by atoms with E-state index in [2.05, 4.69) is 10.9 Å². The van der Waals surface area contributed by atoms with Crippen LogP contribution in [0.2, 0.25) is 0 Å². The Bertz CT molecular complexity index is 698. The van der Waals surface area contributed by atoms with Crippen molar-refractivity contribution in [1.82, 2.24) is 10.9 Å². The molecule has 0 saturated carbocycles. The molecule has 2 aromatic rings. The van der Waals surface area contributed by atoms with Gasteiger partial charge in [0, 0.05) is 0 Å². The first-order valence-corrected chi connectivity index (χ1v) is 7.50. The van der Waals surface area contributed by atoms with E-state index in [1.165, 1.54) is 0 Å². The molecule has 0 fully saturated rings. The van der Waals surface area contributed by atoms with Crippen molar-refractivity contribution in [3.63, 3.8) is 0 Å². The van der Waals surface area contributed by atoms with Crippen LogP contribution in [0, 0.1) is 13.8 Å². The molecule has 0 aliphatic heterocycles. The highest BCUT2D eigenvalue weighted by Crippen LogP contribution is 2.15. The van der Waals surface area contributed by atoms with Gasteiger partial charge < -0.3 is 9.47 Å². The fourth-order valence-electron chi connectivity index (χ4n) is 1.86. The minimum absolute atomic E-state index is 0.191. The molecule has 6 nitrogen and oxygen atoms in total. The standard InChI is InChI=1S/C18H20N2O4/c1-13-7-9-15(10-8-13)23-11-17(21)19-20-18(22)12-24-16-6-4-3-5-14(16)2/h3-10H,11-12H2,1-2H3,(H,19,21)(H,20,22). The van der Waals surface area contributed by atoms with Gasteiger partial charge in [-0.3, -0.25) is 20.4 Å². The van der Waals surface area contributed by atoms with Crippen LogP contribution in [0.1, 0.15) is 11.1 Å².